The third kappa shape index (κ3) is 1.71. The first kappa shape index (κ1) is 8.68. The molecule has 0 aliphatic rings. The van der Waals surface area contributed by atoms with Gasteiger partial charge in [-0.15, -0.1) is 0 Å². The third-order valence-corrected chi connectivity index (χ3v) is 1.80. The zero-order valence-electron chi connectivity index (χ0n) is 7.67. The van der Waals surface area contributed by atoms with Gasteiger partial charge in [0.15, 0.2) is 5.76 Å². The van der Waals surface area contributed by atoms with E-state index in [4.69, 9.17) is 4.52 Å². The number of hydrogen-bond acceptors (Lipinski definition) is 4. The summed E-state index contributed by atoms with van der Waals surface area (Å²) in [6.45, 7) is 2.23. The van der Waals surface area contributed by atoms with Crippen molar-refractivity contribution >= 4 is 0 Å². The molecular weight excluding hydrogens is 182 g/mol. The van der Waals surface area contributed by atoms with Crippen molar-refractivity contribution in [1.82, 2.24) is 14.7 Å². The fourth-order valence-corrected chi connectivity index (χ4v) is 1.16. The number of aryl methyl sites for hydroxylation is 1. The standard InChI is InChI=1S/C9H9N3O2/c1-7-4-8(14-11-7)6-12-3-2-10-5-9(12)13/h2-5H,6H2,1H3. The first-order valence-corrected chi connectivity index (χ1v) is 4.18. The highest BCUT2D eigenvalue weighted by Gasteiger charge is 2.02. The van der Waals surface area contributed by atoms with E-state index >= 15 is 0 Å². The van der Waals surface area contributed by atoms with Crippen molar-refractivity contribution in [3.05, 3.63) is 46.5 Å². The number of hydrogen-bond donors (Lipinski definition) is 0. The van der Waals surface area contributed by atoms with E-state index in [-0.39, 0.29) is 5.56 Å². The van der Waals surface area contributed by atoms with Crippen LogP contribution >= 0.6 is 0 Å². The summed E-state index contributed by atoms with van der Waals surface area (Å²) < 4.78 is 6.50. The van der Waals surface area contributed by atoms with E-state index in [1.807, 2.05) is 6.92 Å². The molecule has 0 atom stereocenters. The quantitative estimate of drug-likeness (QED) is 0.696. The van der Waals surface area contributed by atoms with Crippen LogP contribution in [0.5, 0.6) is 0 Å². The van der Waals surface area contributed by atoms with Crippen LogP contribution in [0, 0.1) is 6.92 Å². The summed E-state index contributed by atoms with van der Waals surface area (Å²) in [6.07, 6.45) is 4.44. The lowest BCUT2D eigenvalue weighted by Gasteiger charge is -1.99. The molecule has 2 heterocycles. The lowest BCUT2D eigenvalue weighted by Crippen LogP contribution is -2.18. The van der Waals surface area contributed by atoms with Gasteiger partial charge >= 0.3 is 0 Å². The average Bonchev–Trinajstić information content (AvgIpc) is 2.56. The number of aromatic nitrogens is 3. The molecule has 5 nitrogen and oxygen atoms in total. The molecule has 5 heteroatoms. The van der Waals surface area contributed by atoms with Crippen LogP contribution in [-0.2, 0) is 6.54 Å². The highest BCUT2D eigenvalue weighted by molar-refractivity contribution is 5.03. The van der Waals surface area contributed by atoms with E-state index in [0.717, 1.165) is 5.69 Å². The summed E-state index contributed by atoms with van der Waals surface area (Å²) in [4.78, 5) is 15.0. The topological polar surface area (TPSA) is 60.9 Å². The Morgan fingerprint density at radius 1 is 1.57 bits per heavy atom. The van der Waals surface area contributed by atoms with Gasteiger partial charge in [0, 0.05) is 18.5 Å². The number of rotatable bonds is 2. The summed E-state index contributed by atoms with van der Waals surface area (Å²) in [5, 5.41) is 3.74. The summed E-state index contributed by atoms with van der Waals surface area (Å²) in [6, 6.07) is 1.80. The van der Waals surface area contributed by atoms with E-state index in [2.05, 4.69) is 10.1 Å². The molecule has 0 bridgehead atoms. The molecule has 0 radical (unpaired) electrons. The zero-order valence-corrected chi connectivity index (χ0v) is 7.67. The van der Waals surface area contributed by atoms with E-state index in [1.54, 1.807) is 18.5 Å². The van der Waals surface area contributed by atoms with Gasteiger partial charge in [-0.1, -0.05) is 5.16 Å². The van der Waals surface area contributed by atoms with Crippen LogP contribution in [-0.4, -0.2) is 14.7 Å². The van der Waals surface area contributed by atoms with E-state index in [9.17, 15) is 4.79 Å². The molecule has 0 fully saturated rings. The Hall–Kier alpha value is -1.91. The van der Waals surface area contributed by atoms with Crippen molar-refractivity contribution in [2.75, 3.05) is 0 Å². The van der Waals surface area contributed by atoms with Gasteiger partial charge in [-0.25, -0.2) is 0 Å². The van der Waals surface area contributed by atoms with Crippen molar-refractivity contribution in [3.8, 4) is 0 Å². The molecule has 0 aliphatic carbocycles. The van der Waals surface area contributed by atoms with E-state index < -0.39 is 0 Å². The van der Waals surface area contributed by atoms with Gasteiger partial charge < -0.3 is 9.09 Å². The molecule has 0 N–H and O–H groups in total. The lowest BCUT2D eigenvalue weighted by atomic mass is 10.4. The van der Waals surface area contributed by atoms with E-state index in [0.29, 0.717) is 12.3 Å². The second-order valence-corrected chi connectivity index (χ2v) is 2.98. The van der Waals surface area contributed by atoms with Gasteiger partial charge in [0.2, 0.25) is 0 Å². The van der Waals surface area contributed by atoms with Crippen molar-refractivity contribution < 1.29 is 4.52 Å². The Morgan fingerprint density at radius 3 is 3.07 bits per heavy atom. The van der Waals surface area contributed by atoms with Gasteiger partial charge in [-0.3, -0.25) is 9.78 Å². The normalized spacial score (nSPS) is 10.4. The van der Waals surface area contributed by atoms with Crippen LogP contribution in [0.2, 0.25) is 0 Å². The Balaban J connectivity index is 2.27. The molecule has 0 saturated heterocycles. The minimum Gasteiger partial charge on any atom is -0.359 e. The van der Waals surface area contributed by atoms with Crippen molar-refractivity contribution in [2.24, 2.45) is 0 Å². The molecular formula is C9H9N3O2. The van der Waals surface area contributed by atoms with Gasteiger partial charge in [0.1, 0.15) is 0 Å². The second kappa shape index (κ2) is 3.45. The van der Waals surface area contributed by atoms with Crippen molar-refractivity contribution in [2.45, 2.75) is 13.5 Å². The van der Waals surface area contributed by atoms with Crippen molar-refractivity contribution in [1.29, 1.82) is 0 Å². The summed E-state index contributed by atoms with van der Waals surface area (Å²) in [5.74, 6) is 0.663. The minimum absolute atomic E-state index is 0.151. The van der Waals surface area contributed by atoms with Crippen LogP contribution in [0.4, 0.5) is 0 Å². The van der Waals surface area contributed by atoms with Crippen molar-refractivity contribution in [3.63, 3.8) is 0 Å². The zero-order chi connectivity index (χ0) is 9.97. The monoisotopic (exact) mass is 191 g/mol. The van der Waals surface area contributed by atoms with Crippen LogP contribution in [0.3, 0.4) is 0 Å². The minimum atomic E-state index is -0.151. The van der Waals surface area contributed by atoms with E-state index in [1.165, 1.54) is 10.8 Å². The Kier molecular flexibility index (Phi) is 2.14. The number of nitrogens with zero attached hydrogens (tertiary/aromatic N) is 3. The fraction of sp³-hybridized carbons (Fsp3) is 0.222. The predicted molar refractivity (Wildman–Crippen MR) is 48.8 cm³/mol. The first-order valence-electron chi connectivity index (χ1n) is 4.18. The van der Waals surface area contributed by atoms with Crippen LogP contribution < -0.4 is 5.56 Å². The van der Waals surface area contributed by atoms with Crippen LogP contribution in [0.1, 0.15) is 11.5 Å². The van der Waals surface area contributed by atoms with Crippen LogP contribution in [0.25, 0.3) is 0 Å². The maximum absolute atomic E-state index is 11.3. The molecule has 2 aromatic rings. The highest BCUT2D eigenvalue weighted by atomic mass is 16.5. The molecule has 14 heavy (non-hydrogen) atoms. The molecule has 0 spiro atoms. The fourth-order valence-electron chi connectivity index (χ4n) is 1.16. The van der Waals surface area contributed by atoms with Gasteiger partial charge in [-0.05, 0) is 6.92 Å². The molecule has 2 rings (SSSR count). The second-order valence-electron chi connectivity index (χ2n) is 2.98. The molecule has 0 unspecified atom stereocenters. The Morgan fingerprint density at radius 2 is 2.43 bits per heavy atom. The average molecular weight is 191 g/mol. The Bertz CT molecular complexity index is 487. The molecule has 72 valence electrons. The maximum Gasteiger partial charge on any atom is 0.269 e. The third-order valence-electron chi connectivity index (χ3n) is 1.80. The molecule has 0 amide bonds. The van der Waals surface area contributed by atoms with Gasteiger partial charge in [0.25, 0.3) is 5.56 Å². The summed E-state index contributed by atoms with van der Waals surface area (Å²) in [5.41, 5.74) is 0.656. The predicted octanol–water partition coefficient (Wildman–Crippen LogP) is 0.588. The molecule has 2 aromatic heterocycles. The smallest absolute Gasteiger partial charge is 0.269 e. The maximum atomic E-state index is 11.3. The Labute approximate surface area is 80.0 Å². The lowest BCUT2D eigenvalue weighted by molar-refractivity contribution is 0.371. The summed E-state index contributed by atoms with van der Waals surface area (Å²) in [7, 11) is 0. The summed E-state index contributed by atoms with van der Waals surface area (Å²) >= 11 is 0. The molecule has 0 saturated carbocycles. The van der Waals surface area contributed by atoms with Gasteiger partial charge in [-0.2, -0.15) is 0 Å². The largest absolute Gasteiger partial charge is 0.359 e. The first-order chi connectivity index (χ1) is 6.75. The SMILES string of the molecule is Cc1cc(Cn2ccncc2=O)on1. The van der Waals surface area contributed by atoms with Crippen LogP contribution in [0.15, 0.2) is 34.0 Å². The molecule has 0 aromatic carbocycles. The van der Waals surface area contributed by atoms with Gasteiger partial charge in [0.05, 0.1) is 18.4 Å². The highest BCUT2D eigenvalue weighted by Crippen LogP contribution is 2.02. The molecule has 0 aliphatic heterocycles.